The van der Waals surface area contributed by atoms with Crippen molar-refractivity contribution in [3.05, 3.63) is 83.5 Å². The minimum absolute atomic E-state index is 0.239. The number of carbonyl (C=O) groups excluding carboxylic acids is 1. The summed E-state index contributed by atoms with van der Waals surface area (Å²) in [4.78, 5) is 35.4. The lowest BCUT2D eigenvalue weighted by Crippen LogP contribution is -2.16. The fourth-order valence-electron chi connectivity index (χ4n) is 6.97. The van der Waals surface area contributed by atoms with Gasteiger partial charge in [-0.1, -0.05) is 131 Å². The van der Waals surface area contributed by atoms with E-state index in [9.17, 15) is 14.4 Å². The van der Waals surface area contributed by atoms with Crippen LogP contribution in [0.3, 0.4) is 0 Å². The summed E-state index contributed by atoms with van der Waals surface area (Å²) in [6.45, 7) is 1.47. The molecule has 0 amide bonds. The lowest BCUT2D eigenvalue weighted by Gasteiger charge is -2.12. The zero-order valence-electron chi connectivity index (χ0n) is 37.4. The summed E-state index contributed by atoms with van der Waals surface area (Å²) in [5, 5.41) is 17.4. The number of allylic oxidation sites excluding steroid dienone is 8. The van der Waals surface area contributed by atoms with E-state index in [0.29, 0.717) is 19.4 Å². The highest BCUT2D eigenvalue weighted by molar-refractivity contribution is 5.66. The minimum Gasteiger partial charge on any atom is -0.481 e. The van der Waals surface area contributed by atoms with Gasteiger partial charge in [-0.3, -0.25) is 9.59 Å². The molecule has 0 aliphatic carbocycles. The number of rotatable bonds is 40. The summed E-state index contributed by atoms with van der Waals surface area (Å²) in [6.07, 6.45) is 47.8. The molecule has 0 spiro atoms. The fraction of sp³-hybridized carbons (Fsp3) is 0.667. The van der Waals surface area contributed by atoms with E-state index < -0.39 is 18.1 Å². The predicted octanol–water partition coefficient (Wildman–Crippen LogP) is 13.9. The van der Waals surface area contributed by atoms with Crippen LogP contribution in [0.1, 0.15) is 190 Å². The highest BCUT2D eigenvalue weighted by Gasteiger charge is 2.08. The van der Waals surface area contributed by atoms with Crippen LogP contribution in [0.25, 0.3) is 0 Å². The topological polar surface area (TPSA) is 113 Å². The molecule has 8 nitrogen and oxygen atoms in total. The van der Waals surface area contributed by atoms with Gasteiger partial charge < -0.3 is 24.6 Å². The minimum atomic E-state index is -0.689. The number of aryl methyl sites for hydroxylation is 2. The summed E-state index contributed by atoms with van der Waals surface area (Å²) in [5.41, 5.74) is 3.71. The van der Waals surface area contributed by atoms with Gasteiger partial charge in [0, 0.05) is 19.4 Å². The summed E-state index contributed by atoms with van der Waals surface area (Å²) in [7, 11) is 4.01. The molecule has 0 aliphatic heterocycles. The Balaban J connectivity index is 2.34. The summed E-state index contributed by atoms with van der Waals surface area (Å²) in [6, 6.07) is 6.77. The summed E-state index contributed by atoms with van der Waals surface area (Å²) >= 11 is 0. The third kappa shape index (κ3) is 38.3. The van der Waals surface area contributed by atoms with Crippen LogP contribution < -0.4 is 0 Å². The maximum absolute atomic E-state index is 12.3. The van der Waals surface area contributed by atoms with E-state index in [1.807, 2.05) is 14.1 Å². The SMILES string of the molecule is CN(C)CCCOC(=O)OCc1cc(CCCCCC/C=C\C/C=C\CCCCCCCC(=O)O)cc(CCCCCC/C=C\C/C=C\CCCCCCCC(=O)O)c1. The van der Waals surface area contributed by atoms with Crippen molar-refractivity contribution in [2.45, 2.75) is 193 Å². The molecule has 0 aromatic heterocycles. The van der Waals surface area contributed by atoms with E-state index >= 15 is 0 Å². The normalized spacial score (nSPS) is 11.9. The molecule has 59 heavy (non-hydrogen) atoms. The van der Waals surface area contributed by atoms with Gasteiger partial charge in [-0.2, -0.15) is 0 Å². The van der Waals surface area contributed by atoms with Crippen LogP contribution in [0.15, 0.2) is 66.8 Å². The summed E-state index contributed by atoms with van der Waals surface area (Å²) < 4.78 is 10.8. The molecule has 0 saturated heterocycles. The number of carboxylic acid groups (broad SMARTS) is 2. The molecule has 1 rings (SSSR count). The van der Waals surface area contributed by atoms with Gasteiger partial charge >= 0.3 is 18.1 Å². The third-order valence-corrected chi connectivity index (χ3v) is 10.3. The first-order valence-corrected chi connectivity index (χ1v) is 23.4. The van der Waals surface area contributed by atoms with E-state index in [-0.39, 0.29) is 6.61 Å². The van der Waals surface area contributed by atoms with Gasteiger partial charge in [-0.15, -0.1) is 0 Å². The van der Waals surface area contributed by atoms with E-state index in [1.54, 1.807) is 0 Å². The summed E-state index contributed by atoms with van der Waals surface area (Å²) in [5.74, 6) is -1.38. The van der Waals surface area contributed by atoms with Gasteiger partial charge in [0.25, 0.3) is 0 Å². The lowest BCUT2D eigenvalue weighted by molar-refractivity contribution is -0.138. The maximum atomic E-state index is 12.3. The van der Waals surface area contributed by atoms with Crippen LogP contribution in [-0.4, -0.2) is 60.5 Å². The first-order valence-electron chi connectivity index (χ1n) is 23.4. The van der Waals surface area contributed by atoms with E-state index in [2.05, 4.69) is 71.7 Å². The Hall–Kier alpha value is -3.65. The van der Waals surface area contributed by atoms with Gasteiger partial charge in [-0.05, 0) is 140 Å². The second kappa shape index (κ2) is 39.8. The number of unbranched alkanes of at least 4 members (excludes halogenated alkanes) is 18. The number of ether oxygens (including phenoxy) is 2. The molecule has 0 fully saturated rings. The van der Waals surface area contributed by atoms with Crippen molar-refractivity contribution < 1.29 is 34.1 Å². The first kappa shape index (κ1) is 53.4. The van der Waals surface area contributed by atoms with Crippen molar-refractivity contribution in [3.63, 3.8) is 0 Å². The molecular formula is C51H83NO7. The van der Waals surface area contributed by atoms with Crippen molar-refractivity contribution in [1.29, 1.82) is 0 Å². The molecule has 1 aromatic rings. The van der Waals surface area contributed by atoms with Crippen LogP contribution in [0.2, 0.25) is 0 Å². The molecule has 0 bridgehead atoms. The Morgan fingerprint density at radius 3 is 1.25 bits per heavy atom. The van der Waals surface area contributed by atoms with Crippen LogP contribution in [0.5, 0.6) is 0 Å². The highest BCUT2D eigenvalue weighted by Crippen LogP contribution is 2.19. The maximum Gasteiger partial charge on any atom is 0.508 e. The molecule has 334 valence electrons. The molecule has 0 radical (unpaired) electrons. The van der Waals surface area contributed by atoms with Gasteiger partial charge in [0.15, 0.2) is 0 Å². The molecule has 0 saturated carbocycles. The Labute approximate surface area is 359 Å². The van der Waals surface area contributed by atoms with E-state index in [0.717, 1.165) is 121 Å². The highest BCUT2D eigenvalue weighted by atomic mass is 16.7. The molecule has 0 heterocycles. The lowest BCUT2D eigenvalue weighted by atomic mass is 9.97. The molecule has 1 aromatic carbocycles. The first-order chi connectivity index (χ1) is 28.8. The van der Waals surface area contributed by atoms with E-state index in [1.165, 1.54) is 75.3 Å². The zero-order chi connectivity index (χ0) is 42.9. The van der Waals surface area contributed by atoms with Crippen molar-refractivity contribution in [1.82, 2.24) is 4.90 Å². The molecule has 0 atom stereocenters. The largest absolute Gasteiger partial charge is 0.508 e. The van der Waals surface area contributed by atoms with E-state index in [4.69, 9.17) is 19.7 Å². The number of aliphatic carboxylic acids is 2. The Morgan fingerprint density at radius 1 is 0.475 bits per heavy atom. The quantitative estimate of drug-likeness (QED) is 0.0382. The third-order valence-electron chi connectivity index (χ3n) is 10.3. The number of carboxylic acids is 2. The van der Waals surface area contributed by atoms with Gasteiger partial charge in [0.05, 0.1) is 6.61 Å². The second-order valence-corrected chi connectivity index (χ2v) is 16.4. The van der Waals surface area contributed by atoms with Crippen molar-refractivity contribution >= 4 is 18.1 Å². The average molecular weight is 822 g/mol. The van der Waals surface area contributed by atoms with Gasteiger partial charge in [0.1, 0.15) is 6.61 Å². The number of hydrogen-bond acceptors (Lipinski definition) is 6. The number of carbonyl (C=O) groups is 3. The van der Waals surface area contributed by atoms with Gasteiger partial charge in [0.2, 0.25) is 0 Å². The Bertz CT molecular complexity index is 1230. The van der Waals surface area contributed by atoms with Crippen LogP contribution in [0.4, 0.5) is 4.79 Å². The number of hydrogen-bond donors (Lipinski definition) is 2. The molecule has 0 aliphatic rings. The van der Waals surface area contributed by atoms with Crippen LogP contribution in [-0.2, 0) is 38.5 Å². The standard InChI is InChI=1S/C51H83NO7/c1-52(2)40-35-41-58-51(57)59-45-48-43-46(36-31-27-23-19-15-11-7-3-5-9-13-17-21-25-29-33-38-49(53)54)42-47(44-48)37-32-28-24-20-16-12-8-4-6-10-14-18-22-26-30-34-39-50(55)56/h5-12,42-44H,3-4,13-41,45H2,1-2H3,(H,53,54)(H,55,56)/b9-5-,10-6-,11-7-,12-8-. The number of benzene rings is 1. The monoisotopic (exact) mass is 822 g/mol. The number of nitrogens with zero attached hydrogens (tertiary/aromatic N) is 1. The van der Waals surface area contributed by atoms with Crippen molar-refractivity contribution in [2.75, 3.05) is 27.2 Å². The molecular weight excluding hydrogens is 739 g/mol. The predicted molar refractivity (Wildman–Crippen MR) is 245 cm³/mol. The Morgan fingerprint density at radius 2 is 0.847 bits per heavy atom. The van der Waals surface area contributed by atoms with Crippen molar-refractivity contribution in [2.24, 2.45) is 0 Å². The second-order valence-electron chi connectivity index (χ2n) is 16.4. The Kier molecular flexibility index (Phi) is 36.0. The smallest absolute Gasteiger partial charge is 0.481 e. The van der Waals surface area contributed by atoms with Crippen LogP contribution in [0, 0.1) is 0 Å². The van der Waals surface area contributed by atoms with Gasteiger partial charge in [-0.25, -0.2) is 4.79 Å². The zero-order valence-corrected chi connectivity index (χ0v) is 37.4. The molecule has 8 heteroatoms. The molecule has 2 N–H and O–H groups in total. The van der Waals surface area contributed by atoms with Crippen LogP contribution >= 0.6 is 0 Å². The fourth-order valence-corrected chi connectivity index (χ4v) is 6.97. The average Bonchev–Trinajstić information content (AvgIpc) is 3.20. The van der Waals surface area contributed by atoms with Crippen molar-refractivity contribution in [3.8, 4) is 0 Å². The molecule has 0 unspecified atom stereocenters.